The smallest absolute Gasteiger partial charge is 0.336 e. The van der Waals surface area contributed by atoms with E-state index < -0.39 is 11.9 Å². The van der Waals surface area contributed by atoms with E-state index in [9.17, 15) is 14.0 Å². The number of para-hydroxylation sites is 1. The molecule has 0 amide bonds. The second-order valence-corrected chi connectivity index (χ2v) is 7.80. The zero-order chi connectivity index (χ0) is 22.1. The fraction of sp³-hybridized carbons (Fsp3) is 0.280. The lowest BCUT2D eigenvalue weighted by Crippen LogP contribution is -2.36. The highest BCUT2D eigenvalue weighted by Gasteiger charge is 2.41. The molecule has 2 atom stereocenters. The van der Waals surface area contributed by atoms with Gasteiger partial charge in [-0.25, -0.2) is 9.18 Å². The summed E-state index contributed by atoms with van der Waals surface area (Å²) in [5, 5.41) is 3.29. The lowest BCUT2D eigenvalue weighted by molar-refractivity contribution is -0.136. The van der Waals surface area contributed by atoms with Gasteiger partial charge in [-0.2, -0.15) is 0 Å². The van der Waals surface area contributed by atoms with E-state index in [0.29, 0.717) is 35.2 Å². The number of allylic oxidation sites excluding steroid dienone is 3. The fourth-order valence-electron chi connectivity index (χ4n) is 4.63. The molecule has 0 saturated carbocycles. The minimum absolute atomic E-state index is 0.0451. The molecule has 1 N–H and O–H groups in total. The number of benzene rings is 2. The Morgan fingerprint density at radius 2 is 1.77 bits per heavy atom. The van der Waals surface area contributed by atoms with Crippen molar-refractivity contribution in [3.05, 3.63) is 88.0 Å². The van der Waals surface area contributed by atoms with E-state index in [-0.39, 0.29) is 17.5 Å². The topological polar surface area (TPSA) is 64.6 Å². The van der Waals surface area contributed by atoms with Gasteiger partial charge in [-0.1, -0.05) is 30.3 Å². The maximum atomic E-state index is 13.6. The molecule has 4 rings (SSSR count). The Balaban J connectivity index is 1.81. The number of methoxy groups -OCH3 is 2. The van der Waals surface area contributed by atoms with E-state index in [1.165, 1.54) is 19.2 Å². The van der Waals surface area contributed by atoms with Gasteiger partial charge in [-0.05, 0) is 42.7 Å². The van der Waals surface area contributed by atoms with Gasteiger partial charge in [0.05, 0.1) is 19.8 Å². The summed E-state index contributed by atoms with van der Waals surface area (Å²) in [6, 6.07) is 13.6. The molecule has 31 heavy (non-hydrogen) atoms. The van der Waals surface area contributed by atoms with Gasteiger partial charge in [0.1, 0.15) is 11.6 Å². The summed E-state index contributed by atoms with van der Waals surface area (Å²) in [6.45, 7) is 1.80. The normalized spacial score (nSPS) is 20.8. The van der Waals surface area contributed by atoms with Gasteiger partial charge in [-0.3, -0.25) is 4.79 Å². The molecule has 6 heteroatoms. The number of esters is 1. The number of Topliss-reactive ketones (excluding diaryl/α,β-unsaturated/α-hetero) is 1. The van der Waals surface area contributed by atoms with Crippen LogP contribution in [-0.2, 0) is 14.3 Å². The van der Waals surface area contributed by atoms with E-state index in [4.69, 9.17) is 9.47 Å². The molecule has 0 saturated heterocycles. The molecular weight excluding hydrogens is 397 g/mol. The third-order valence-corrected chi connectivity index (χ3v) is 6.01. The molecule has 160 valence electrons. The summed E-state index contributed by atoms with van der Waals surface area (Å²) in [7, 11) is 2.93. The highest BCUT2D eigenvalue weighted by atomic mass is 19.1. The number of carbonyl (C=O) groups is 2. The Morgan fingerprint density at radius 1 is 1.06 bits per heavy atom. The van der Waals surface area contributed by atoms with Crippen molar-refractivity contribution >= 4 is 11.8 Å². The van der Waals surface area contributed by atoms with E-state index in [2.05, 4.69) is 5.32 Å². The first-order valence-electron chi connectivity index (χ1n) is 10.1. The van der Waals surface area contributed by atoms with Crippen LogP contribution in [-0.4, -0.2) is 26.0 Å². The van der Waals surface area contributed by atoms with Gasteiger partial charge in [0.2, 0.25) is 0 Å². The monoisotopic (exact) mass is 421 g/mol. The molecular formula is C25H24FNO4. The van der Waals surface area contributed by atoms with Gasteiger partial charge in [0.15, 0.2) is 5.78 Å². The van der Waals surface area contributed by atoms with E-state index in [1.54, 1.807) is 26.2 Å². The molecule has 0 radical (unpaired) electrons. The van der Waals surface area contributed by atoms with Gasteiger partial charge in [0, 0.05) is 35.2 Å². The number of halogens is 1. The van der Waals surface area contributed by atoms with Gasteiger partial charge in [0.25, 0.3) is 0 Å². The van der Waals surface area contributed by atoms with Crippen molar-refractivity contribution < 1.29 is 23.5 Å². The Morgan fingerprint density at radius 3 is 2.45 bits per heavy atom. The number of hydrogen-bond acceptors (Lipinski definition) is 5. The van der Waals surface area contributed by atoms with Gasteiger partial charge in [-0.15, -0.1) is 0 Å². The van der Waals surface area contributed by atoms with E-state index in [0.717, 1.165) is 17.0 Å². The number of carbonyl (C=O) groups excluding carboxylic acids is 2. The zero-order valence-corrected chi connectivity index (χ0v) is 17.7. The first-order valence-corrected chi connectivity index (χ1v) is 10.1. The molecule has 0 spiro atoms. The molecule has 0 unspecified atom stereocenters. The third-order valence-electron chi connectivity index (χ3n) is 6.01. The highest BCUT2D eigenvalue weighted by Crippen LogP contribution is 2.46. The predicted molar refractivity (Wildman–Crippen MR) is 114 cm³/mol. The van der Waals surface area contributed by atoms with Crippen LogP contribution in [0, 0.1) is 5.82 Å². The van der Waals surface area contributed by atoms with Crippen LogP contribution >= 0.6 is 0 Å². The Bertz CT molecular complexity index is 1100. The second kappa shape index (κ2) is 8.38. The average molecular weight is 421 g/mol. The minimum atomic E-state index is -0.601. The SMILES string of the molecule is COC(=O)C1=C(C)NC2=C(C(=O)C[C@@H](c3ccccc3OC)C2)[C@@H]1c1ccc(F)cc1. The third kappa shape index (κ3) is 3.74. The number of dihydropyridines is 1. The summed E-state index contributed by atoms with van der Waals surface area (Å²) in [4.78, 5) is 26.1. The van der Waals surface area contributed by atoms with E-state index >= 15 is 0 Å². The Labute approximate surface area is 180 Å². The molecule has 0 fully saturated rings. The maximum Gasteiger partial charge on any atom is 0.336 e. The number of ketones is 1. The summed E-state index contributed by atoms with van der Waals surface area (Å²) < 4.78 is 24.1. The van der Waals surface area contributed by atoms with Gasteiger partial charge >= 0.3 is 5.97 Å². The highest BCUT2D eigenvalue weighted by molar-refractivity contribution is 6.04. The molecule has 1 aliphatic heterocycles. The van der Waals surface area contributed by atoms with Crippen LogP contribution in [0.2, 0.25) is 0 Å². The van der Waals surface area contributed by atoms with Crippen molar-refractivity contribution in [1.29, 1.82) is 0 Å². The number of hydrogen-bond donors (Lipinski definition) is 1. The van der Waals surface area contributed by atoms with Crippen LogP contribution in [0.15, 0.2) is 71.1 Å². The summed E-state index contributed by atoms with van der Waals surface area (Å²) in [5.41, 5.74) is 3.99. The average Bonchev–Trinajstić information content (AvgIpc) is 2.78. The predicted octanol–water partition coefficient (Wildman–Crippen LogP) is 4.37. The number of rotatable bonds is 4. The largest absolute Gasteiger partial charge is 0.496 e. The first kappa shape index (κ1) is 20.8. The maximum absolute atomic E-state index is 13.6. The number of nitrogens with one attached hydrogen (secondary N) is 1. The quantitative estimate of drug-likeness (QED) is 0.743. The first-order chi connectivity index (χ1) is 14.9. The lowest BCUT2D eigenvalue weighted by Gasteiger charge is -2.36. The molecule has 2 aromatic rings. The van der Waals surface area contributed by atoms with Crippen molar-refractivity contribution in [3.63, 3.8) is 0 Å². The molecule has 5 nitrogen and oxygen atoms in total. The van der Waals surface area contributed by atoms with Crippen LogP contribution < -0.4 is 10.1 Å². The minimum Gasteiger partial charge on any atom is -0.496 e. The van der Waals surface area contributed by atoms with Crippen LogP contribution in [0.3, 0.4) is 0 Å². The van der Waals surface area contributed by atoms with Crippen molar-refractivity contribution in [2.75, 3.05) is 14.2 Å². The molecule has 1 heterocycles. The Hall–Kier alpha value is -3.41. The van der Waals surface area contributed by atoms with Crippen molar-refractivity contribution in [1.82, 2.24) is 5.32 Å². The summed E-state index contributed by atoms with van der Waals surface area (Å²) >= 11 is 0. The lowest BCUT2D eigenvalue weighted by atomic mass is 9.71. The van der Waals surface area contributed by atoms with Crippen LogP contribution in [0.4, 0.5) is 4.39 Å². The zero-order valence-electron chi connectivity index (χ0n) is 17.7. The molecule has 2 aromatic carbocycles. The van der Waals surface area contributed by atoms with Crippen LogP contribution in [0.25, 0.3) is 0 Å². The van der Waals surface area contributed by atoms with E-state index in [1.807, 2.05) is 24.3 Å². The standard InChI is InChI=1S/C25H24FNO4/c1-14-22(25(29)31-3)23(15-8-10-17(26)11-9-15)24-19(27-14)12-16(13-20(24)28)18-6-4-5-7-21(18)30-2/h4-11,16,23,27H,12-13H2,1-3H3/t16-,23+/m0/s1. The fourth-order valence-corrected chi connectivity index (χ4v) is 4.63. The Kier molecular flexibility index (Phi) is 5.63. The summed E-state index contributed by atoms with van der Waals surface area (Å²) in [6.07, 6.45) is 0.900. The summed E-state index contributed by atoms with van der Waals surface area (Å²) in [5.74, 6) is -0.832. The molecule has 0 aromatic heterocycles. The molecule has 2 aliphatic rings. The van der Waals surface area contributed by atoms with Crippen LogP contribution in [0.1, 0.15) is 42.7 Å². The second-order valence-electron chi connectivity index (χ2n) is 7.80. The van der Waals surface area contributed by atoms with Gasteiger partial charge < -0.3 is 14.8 Å². The van der Waals surface area contributed by atoms with Crippen molar-refractivity contribution in [2.24, 2.45) is 0 Å². The van der Waals surface area contributed by atoms with Crippen molar-refractivity contribution in [3.8, 4) is 5.75 Å². The number of ether oxygens (including phenoxy) is 2. The van der Waals surface area contributed by atoms with Crippen LogP contribution in [0.5, 0.6) is 5.75 Å². The molecule has 1 aliphatic carbocycles. The van der Waals surface area contributed by atoms with Crippen molar-refractivity contribution in [2.45, 2.75) is 31.6 Å². The molecule has 0 bridgehead atoms.